The summed E-state index contributed by atoms with van der Waals surface area (Å²) in [5.41, 5.74) is 2.37. The van der Waals surface area contributed by atoms with E-state index in [9.17, 15) is 0 Å². The van der Waals surface area contributed by atoms with Crippen molar-refractivity contribution >= 4 is 29.9 Å². The first-order valence-corrected chi connectivity index (χ1v) is 8.70. The van der Waals surface area contributed by atoms with Gasteiger partial charge in [-0.05, 0) is 24.7 Å². The molecule has 5 nitrogen and oxygen atoms in total. The Labute approximate surface area is 166 Å². The summed E-state index contributed by atoms with van der Waals surface area (Å²) in [5, 5.41) is 10.9. The fourth-order valence-corrected chi connectivity index (χ4v) is 3.13. The summed E-state index contributed by atoms with van der Waals surface area (Å²) >= 11 is 0. The number of aromatic nitrogens is 1. The van der Waals surface area contributed by atoms with Crippen LogP contribution in [0, 0.1) is 5.41 Å². The highest BCUT2D eigenvalue weighted by atomic mass is 127. The first kappa shape index (κ1) is 19.8. The van der Waals surface area contributed by atoms with Gasteiger partial charge in [-0.3, -0.25) is 4.99 Å². The number of hydrogen-bond donors (Lipinski definition) is 2. The van der Waals surface area contributed by atoms with Crippen LogP contribution in [-0.2, 0) is 6.54 Å². The Balaban J connectivity index is 0.00000225. The predicted octanol–water partition coefficient (Wildman–Crippen LogP) is 4.20. The topological polar surface area (TPSA) is 62.5 Å². The second kappa shape index (κ2) is 9.22. The first-order chi connectivity index (χ1) is 11.7. The maximum atomic E-state index is 5.42. The second-order valence-electron chi connectivity index (χ2n) is 6.53. The highest BCUT2D eigenvalue weighted by Crippen LogP contribution is 2.42. The summed E-state index contributed by atoms with van der Waals surface area (Å²) in [4.78, 5) is 4.30. The zero-order valence-electron chi connectivity index (χ0n) is 14.9. The molecule has 0 aliphatic heterocycles. The Morgan fingerprint density at radius 1 is 1.24 bits per heavy atom. The molecule has 0 spiro atoms. The van der Waals surface area contributed by atoms with Gasteiger partial charge in [-0.25, -0.2) is 0 Å². The van der Waals surface area contributed by atoms with Crippen molar-refractivity contribution in [2.24, 2.45) is 10.4 Å². The van der Waals surface area contributed by atoms with Gasteiger partial charge in [-0.2, -0.15) is 0 Å². The van der Waals surface area contributed by atoms with Crippen LogP contribution in [-0.4, -0.2) is 24.7 Å². The van der Waals surface area contributed by atoms with Gasteiger partial charge in [-0.15, -0.1) is 24.0 Å². The molecule has 1 aromatic carbocycles. The summed E-state index contributed by atoms with van der Waals surface area (Å²) in [7, 11) is 1.80. The minimum Gasteiger partial charge on any atom is -0.356 e. The normalized spacial score (nSPS) is 15.8. The van der Waals surface area contributed by atoms with Crippen molar-refractivity contribution in [3.8, 4) is 11.3 Å². The number of rotatable bonds is 6. The summed E-state index contributed by atoms with van der Waals surface area (Å²) < 4.78 is 5.42. The number of nitrogens with one attached hydrogen (secondary N) is 2. The molecule has 1 aromatic heterocycles. The molecule has 2 N–H and O–H groups in total. The minimum atomic E-state index is 0. The summed E-state index contributed by atoms with van der Waals surface area (Å²) in [6.07, 6.45) is 5.21. The lowest BCUT2D eigenvalue weighted by Crippen LogP contribution is -2.46. The van der Waals surface area contributed by atoms with Crippen LogP contribution in [0.5, 0.6) is 0 Å². The van der Waals surface area contributed by atoms with Crippen molar-refractivity contribution in [1.82, 2.24) is 15.8 Å². The summed E-state index contributed by atoms with van der Waals surface area (Å²) in [5.74, 6) is 1.61. The van der Waals surface area contributed by atoms with Gasteiger partial charge in [-0.1, -0.05) is 48.8 Å². The Bertz CT molecular complexity index is 674. The fourth-order valence-electron chi connectivity index (χ4n) is 3.13. The third kappa shape index (κ3) is 4.96. The van der Waals surface area contributed by atoms with Gasteiger partial charge >= 0.3 is 0 Å². The molecule has 1 aliphatic carbocycles. The molecule has 0 atom stereocenters. The molecule has 25 heavy (non-hydrogen) atoms. The van der Waals surface area contributed by atoms with Crippen molar-refractivity contribution in [2.45, 2.75) is 39.2 Å². The van der Waals surface area contributed by atoms with Crippen LogP contribution in [0.25, 0.3) is 11.3 Å². The molecule has 1 heterocycles. The van der Waals surface area contributed by atoms with Crippen LogP contribution in [0.3, 0.4) is 0 Å². The Kier molecular flexibility index (Phi) is 7.28. The molecule has 0 amide bonds. The van der Waals surface area contributed by atoms with Gasteiger partial charge in [0, 0.05) is 25.2 Å². The van der Waals surface area contributed by atoms with Crippen LogP contribution >= 0.6 is 24.0 Å². The lowest BCUT2D eigenvalue weighted by molar-refractivity contribution is 0.131. The Morgan fingerprint density at radius 3 is 2.60 bits per heavy atom. The number of aliphatic imine (C=N–C) groups is 1. The zero-order chi connectivity index (χ0) is 16.8. The molecule has 0 bridgehead atoms. The van der Waals surface area contributed by atoms with Crippen molar-refractivity contribution in [3.63, 3.8) is 0 Å². The zero-order valence-corrected chi connectivity index (χ0v) is 17.2. The average molecular weight is 454 g/mol. The van der Waals surface area contributed by atoms with Crippen molar-refractivity contribution in [3.05, 3.63) is 42.1 Å². The van der Waals surface area contributed by atoms with Crippen molar-refractivity contribution in [2.75, 3.05) is 13.6 Å². The van der Waals surface area contributed by atoms with Crippen LogP contribution in [0.1, 0.15) is 38.3 Å². The monoisotopic (exact) mass is 454 g/mol. The molecule has 0 radical (unpaired) electrons. The molecular formula is C19H27IN4O. The molecule has 0 unspecified atom stereocenters. The van der Waals surface area contributed by atoms with Gasteiger partial charge in [0.15, 0.2) is 11.7 Å². The van der Waals surface area contributed by atoms with E-state index in [1.54, 1.807) is 7.05 Å². The number of nitrogens with zero attached hydrogens (tertiary/aromatic N) is 2. The highest BCUT2D eigenvalue weighted by Gasteiger charge is 2.34. The molecule has 1 fully saturated rings. The molecular weight excluding hydrogens is 427 g/mol. The Morgan fingerprint density at radius 2 is 2.00 bits per heavy atom. The average Bonchev–Trinajstić information content (AvgIpc) is 3.06. The maximum Gasteiger partial charge on any atom is 0.191 e. The fraction of sp³-hybridized carbons (Fsp3) is 0.474. The quantitative estimate of drug-likeness (QED) is 0.390. The van der Waals surface area contributed by atoms with Gasteiger partial charge in [0.1, 0.15) is 5.69 Å². The van der Waals surface area contributed by atoms with Crippen LogP contribution in [0.2, 0.25) is 0 Å². The standard InChI is InChI=1S/C19H26N4O.HI/c1-3-19(10-7-11-19)14-22-18(20-2)21-13-16-12-17(24-23-16)15-8-5-4-6-9-15;/h4-6,8-9,12H,3,7,10-11,13-14H2,1-2H3,(H2,20,21,22);1H. The third-order valence-electron chi connectivity index (χ3n) is 5.07. The summed E-state index contributed by atoms with van der Waals surface area (Å²) in [6.45, 7) is 3.85. The minimum absolute atomic E-state index is 0. The maximum absolute atomic E-state index is 5.42. The van der Waals surface area contributed by atoms with E-state index in [0.29, 0.717) is 12.0 Å². The van der Waals surface area contributed by atoms with E-state index in [1.807, 2.05) is 36.4 Å². The molecule has 1 saturated carbocycles. The van der Waals surface area contributed by atoms with Crippen molar-refractivity contribution < 1.29 is 4.52 Å². The Hall–Kier alpha value is -1.57. The number of benzene rings is 1. The molecule has 1 aliphatic rings. The van der Waals surface area contributed by atoms with E-state index >= 15 is 0 Å². The van der Waals surface area contributed by atoms with Crippen LogP contribution in [0.4, 0.5) is 0 Å². The van der Waals surface area contributed by atoms with Crippen molar-refractivity contribution in [1.29, 1.82) is 0 Å². The molecule has 136 valence electrons. The molecule has 0 saturated heterocycles. The number of guanidine groups is 1. The van der Waals surface area contributed by atoms with Gasteiger partial charge in [0.2, 0.25) is 0 Å². The smallest absolute Gasteiger partial charge is 0.191 e. The summed E-state index contributed by atoms with van der Waals surface area (Å²) in [6, 6.07) is 12.0. The first-order valence-electron chi connectivity index (χ1n) is 8.70. The highest BCUT2D eigenvalue weighted by molar-refractivity contribution is 14.0. The lowest BCUT2D eigenvalue weighted by Gasteiger charge is -2.41. The SMILES string of the molecule is CCC1(CNC(=NC)NCc2cc(-c3ccccc3)on2)CCC1.I. The van der Waals surface area contributed by atoms with E-state index in [0.717, 1.165) is 29.5 Å². The van der Waals surface area contributed by atoms with Gasteiger partial charge in [0.05, 0.1) is 6.54 Å². The molecule has 2 aromatic rings. The molecule has 3 rings (SSSR count). The van der Waals surface area contributed by atoms with Crippen LogP contribution < -0.4 is 10.6 Å². The third-order valence-corrected chi connectivity index (χ3v) is 5.07. The van der Waals surface area contributed by atoms with E-state index < -0.39 is 0 Å². The number of hydrogen-bond acceptors (Lipinski definition) is 3. The second-order valence-corrected chi connectivity index (χ2v) is 6.53. The van der Waals surface area contributed by atoms with E-state index in [4.69, 9.17) is 4.52 Å². The van der Waals surface area contributed by atoms with E-state index in [2.05, 4.69) is 27.7 Å². The van der Waals surface area contributed by atoms with Crippen LogP contribution in [0.15, 0.2) is 45.9 Å². The van der Waals surface area contributed by atoms with E-state index in [-0.39, 0.29) is 24.0 Å². The molecule has 6 heteroatoms. The van der Waals surface area contributed by atoms with E-state index in [1.165, 1.54) is 25.7 Å². The van der Waals surface area contributed by atoms with Gasteiger partial charge in [0.25, 0.3) is 0 Å². The predicted molar refractivity (Wildman–Crippen MR) is 112 cm³/mol. The largest absolute Gasteiger partial charge is 0.356 e. The van der Waals surface area contributed by atoms with Gasteiger partial charge < -0.3 is 15.2 Å². The lowest BCUT2D eigenvalue weighted by atomic mass is 9.67. The number of halogens is 1.